The number of carbonyl (C=O) groups excluding carboxylic acids is 1. The topological polar surface area (TPSA) is 68.0 Å². The van der Waals surface area contributed by atoms with E-state index in [1.165, 1.54) is 0 Å². The smallest absolute Gasteiger partial charge is 0.220 e. The summed E-state index contributed by atoms with van der Waals surface area (Å²) in [5, 5.41) is 3.81. The molecule has 1 atom stereocenters. The fourth-order valence-electron chi connectivity index (χ4n) is 1.64. The largest absolute Gasteiger partial charge is 0.350 e. The monoisotopic (exact) mass is 263 g/mol. The van der Waals surface area contributed by atoms with Crippen LogP contribution in [0.25, 0.3) is 10.2 Å². The molecule has 96 valence electrons. The van der Waals surface area contributed by atoms with E-state index in [1.807, 2.05) is 31.2 Å². The third-order valence-electron chi connectivity index (χ3n) is 2.71. The van der Waals surface area contributed by atoms with Gasteiger partial charge in [0.2, 0.25) is 5.91 Å². The van der Waals surface area contributed by atoms with E-state index in [1.54, 1.807) is 11.3 Å². The van der Waals surface area contributed by atoms with Crippen LogP contribution in [0.5, 0.6) is 0 Å². The van der Waals surface area contributed by atoms with Gasteiger partial charge in [-0.2, -0.15) is 0 Å². The van der Waals surface area contributed by atoms with Gasteiger partial charge in [0.1, 0.15) is 5.01 Å². The molecule has 0 aliphatic carbocycles. The number of hydrogen-bond donors (Lipinski definition) is 2. The first-order chi connectivity index (χ1) is 8.69. The summed E-state index contributed by atoms with van der Waals surface area (Å²) in [5.74, 6) is 0.257. The van der Waals surface area contributed by atoms with Crippen LogP contribution in [0.3, 0.4) is 0 Å². The standard InChI is InChI=1S/C13H17N3OS/c1-9(7-14)6-12(17)15-8-13-16-10-4-2-3-5-11(10)18-13/h2-5,9H,6-8,14H2,1H3,(H,15,17). The molecule has 0 saturated heterocycles. The zero-order valence-electron chi connectivity index (χ0n) is 10.3. The highest BCUT2D eigenvalue weighted by molar-refractivity contribution is 7.18. The lowest BCUT2D eigenvalue weighted by Gasteiger charge is -2.07. The van der Waals surface area contributed by atoms with E-state index in [-0.39, 0.29) is 11.8 Å². The molecule has 1 aromatic carbocycles. The maximum absolute atomic E-state index is 11.6. The van der Waals surface area contributed by atoms with Crippen LogP contribution in [0.4, 0.5) is 0 Å². The second-order valence-corrected chi connectivity index (χ2v) is 5.51. The van der Waals surface area contributed by atoms with Crippen molar-refractivity contribution in [3.63, 3.8) is 0 Å². The number of nitrogens with one attached hydrogen (secondary N) is 1. The Hall–Kier alpha value is -1.46. The highest BCUT2D eigenvalue weighted by Crippen LogP contribution is 2.21. The van der Waals surface area contributed by atoms with Gasteiger partial charge < -0.3 is 11.1 Å². The molecule has 0 bridgehead atoms. The van der Waals surface area contributed by atoms with E-state index in [2.05, 4.69) is 10.3 Å². The fourth-order valence-corrected chi connectivity index (χ4v) is 2.55. The number of nitrogens with zero attached hydrogens (tertiary/aromatic N) is 1. The Morgan fingerprint density at radius 2 is 2.28 bits per heavy atom. The molecule has 1 amide bonds. The predicted molar refractivity (Wildman–Crippen MR) is 74.3 cm³/mol. The third-order valence-corrected chi connectivity index (χ3v) is 3.75. The van der Waals surface area contributed by atoms with E-state index in [0.29, 0.717) is 19.5 Å². The van der Waals surface area contributed by atoms with Crippen LogP contribution >= 0.6 is 11.3 Å². The van der Waals surface area contributed by atoms with Crippen LogP contribution < -0.4 is 11.1 Å². The molecule has 1 heterocycles. The van der Waals surface area contributed by atoms with Crippen LogP contribution in [-0.4, -0.2) is 17.4 Å². The van der Waals surface area contributed by atoms with Crippen molar-refractivity contribution in [2.75, 3.05) is 6.54 Å². The van der Waals surface area contributed by atoms with Crippen molar-refractivity contribution in [1.29, 1.82) is 0 Å². The van der Waals surface area contributed by atoms with E-state index in [0.717, 1.165) is 15.2 Å². The van der Waals surface area contributed by atoms with Crippen molar-refractivity contribution >= 4 is 27.5 Å². The Balaban J connectivity index is 1.92. The van der Waals surface area contributed by atoms with Gasteiger partial charge in [-0.3, -0.25) is 4.79 Å². The maximum Gasteiger partial charge on any atom is 0.220 e. The lowest BCUT2D eigenvalue weighted by Crippen LogP contribution is -2.26. The fraction of sp³-hybridized carbons (Fsp3) is 0.385. The molecule has 0 fully saturated rings. The van der Waals surface area contributed by atoms with Crippen LogP contribution in [-0.2, 0) is 11.3 Å². The second kappa shape index (κ2) is 5.93. The summed E-state index contributed by atoms with van der Waals surface area (Å²) in [6.07, 6.45) is 0.474. The lowest BCUT2D eigenvalue weighted by molar-refractivity contribution is -0.122. The zero-order valence-corrected chi connectivity index (χ0v) is 11.2. The van der Waals surface area contributed by atoms with Crippen molar-refractivity contribution in [2.24, 2.45) is 11.7 Å². The van der Waals surface area contributed by atoms with Gasteiger partial charge >= 0.3 is 0 Å². The molecule has 1 unspecified atom stereocenters. The maximum atomic E-state index is 11.6. The van der Waals surface area contributed by atoms with E-state index in [4.69, 9.17) is 5.73 Å². The third kappa shape index (κ3) is 3.27. The number of carbonyl (C=O) groups is 1. The first-order valence-corrected chi connectivity index (χ1v) is 6.82. The zero-order chi connectivity index (χ0) is 13.0. The highest BCUT2D eigenvalue weighted by Gasteiger charge is 2.08. The van der Waals surface area contributed by atoms with Gasteiger partial charge in [0, 0.05) is 6.42 Å². The molecule has 5 heteroatoms. The number of fused-ring (bicyclic) bond motifs is 1. The molecular formula is C13H17N3OS. The minimum absolute atomic E-state index is 0.0345. The number of aromatic nitrogens is 1. The number of benzene rings is 1. The van der Waals surface area contributed by atoms with Gasteiger partial charge in [-0.15, -0.1) is 11.3 Å². The average molecular weight is 263 g/mol. The average Bonchev–Trinajstić information content (AvgIpc) is 2.79. The first-order valence-electron chi connectivity index (χ1n) is 6.00. The number of thiazole rings is 1. The lowest BCUT2D eigenvalue weighted by atomic mass is 10.1. The number of amides is 1. The normalized spacial score (nSPS) is 12.6. The molecule has 0 aliphatic rings. The molecular weight excluding hydrogens is 246 g/mol. The van der Waals surface area contributed by atoms with Crippen LogP contribution in [0.1, 0.15) is 18.4 Å². The first kappa shape index (κ1) is 13.0. The molecule has 2 rings (SSSR count). The molecule has 18 heavy (non-hydrogen) atoms. The summed E-state index contributed by atoms with van der Waals surface area (Å²) >= 11 is 1.61. The second-order valence-electron chi connectivity index (χ2n) is 4.40. The van der Waals surface area contributed by atoms with E-state index >= 15 is 0 Å². The van der Waals surface area contributed by atoms with Gasteiger partial charge in [0.05, 0.1) is 16.8 Å². The Kier molecular flexibility index (Phi) is 4.28. The van der Waals surface area contributed by atoms with Crippen LogP contribution in [0, 0.1) is 5.92 Å². The Morgan fingerprint density at radius 1 is 1.50 bits per heavy atom. The summed E-state index contributed by atoms with van der Waals surface area (Å²) in [5.41, 5.74) is 6.48. The Morgan fingerprint density at radius 3 is 3.00 bits per heavy atom. The highest BCUT2D eigenvalue weighted by atomic mass is 32.1. The molecule has 3 N–H and O–H groups in total. The van der Waals surface area contributed by atoms with Crippen molar-refractivity contribution in [3.8, 4) is 0 Å². The molecule has 2 aromatic rings. The van der Waals surface area contributed by atoms with Gasteiger partial charge in [0.25, 0.3) is 0 Å². The van der Waals surface area contributed by atoms with Gasteiger partial charge in [0.15, 0.2) is 0 Å². The van der Waals surface area contributed by atoms with E-state index in [9.17, 15) is 4.79 Å². The Labute approximate surface area is 110 Å². The minimum Gasteiger partial charge on any atom is -0.350 e. The van der Waals surface area contributed by atoms with Crippen LogP contribution in [0.15, 0.2) is 24.3 Å². The molecule has 0 radical (unpaired) electrons. The summed E-state index contributed by atoms with van der Waals surface area (Å²) < 4.78 is 1.15. The SMILES string of the molecule is CC(CN)CC(=O)NCc1nc2ccccc2s1. The van der Waals surface area contributed by atoms with Crippen molar-refractivity contribution in [1.82, 2.24) is 10.3 Å². The predicted octanol–water partition coefficient (Wildman–Crippen LogP) is 1.90. The molecule has 0 aliphatic heterocycles. The number of rotatable bonds is 5. The number of hydrogen-bond acceptors (Lipinski definition) is 4. The van der Waals surface area contributed by atoms with Gasteiger partial charge in [-0.25, -0.2) is 4.98 Å². The van der Waals surface area contributed by atoms with Crippen molar-refractivity contribution in [3.05, 3.63) is 29.3 Å². The van der Waals surface area contributed by atoms with Crippen molar-refractivity contribution in [2.45, 2.75) is 19.9 Å². The van der Waals surface area contributed by atoms with Crippen molar-refractivity contribution < 1.29 is 4.79 Å². The molecule has 0 saturated carbocycles. The summed E-state index contributed by atoms with van der Waals surface area (Å²) in [7, 11) is 0. The minimum atomic E-state index is 0.0345. The Bertz CT molecular complexity index is 505. The molecule has 1 aromatic heterocycles. The summed E-state index contributed by atoms with van der Waals surface area (Å²) in [6.45, 7) is 3.00. The molecule has 4 nitrogen and oxygen atoms in total. The summed E-state index contributed by atoms with van der Waals surface area (Å²) in [4.78, 5) is 16.1. The quantitative estimate of drug-likeness (QED) is 0.865. The van der Waals surface area contributed by atoms with Gasteiger partial charge in [-0.05, 0) is 24.6 Å². The molecule has 0 spiro atoms. The number of nitrogens with two attached hydrogens (primary N) is 1. The number of para-hydroxylation sites is 1. The van der Waals surface area contributed by atoms with E-state index < -0.39 is 0 Å². The summed E-state index contributed by atoms with van der Waals surface area (Å²) in [6, 6.07) is 7.97. The van der Waals surface area contributed by atoms with Crippen LogP contribution in [0.2, 0.25) is 0 Å². The van der Waals surface area contributed by atoms with Gasteiger partial charge in [-0.1, -0.05) is 19.1 Å².